The standard InChI is InChI=1S/C15H22N2O/c1-11-2-4-12(5-3-11)6-7-13-8-9-17-14(10-13)15(16)18/h2-5,13-14,17H,6-10H2,1H3,(H2,16,18)/t13-,14+/m1/s1. The predicted molar refractivity (Wildman–Crippen MR) is 73.2 cm³/mol. The number of hydrogen-bond acceptors (Lipinski definition) is 2. The predicted octanol–water partition coefficient (Wildman–Crippen LogP) is 1.78. The SMILES string of the molecule is Cc1ccc(CC[C@@H]2CCN[C@H](C(N)=O)C2)cc1. The lowest BCUT2D eigenvalue weighted by Crippen LogP contribution is -2.46. The highest BCUT2D eigenvalue weighted by Gasteiger charge is 2.24. The van der Waals surface area contributed by atoms with Crippen LogP contribution in [0, 0.1) is 12.8 Å². The van der Waals surface area contributed by atoms with Crippen molar-refractivity contribution in [1.29, 1.82) is 0 Å². The first-order chi connectivity index (χ1) is 8.65. The molecule has 1 aromatic rings. The molecule has 2 atom stereocenters. The Balaban J connectivity index is 1.82. The Morgan fingerprint density at radius 1 is 1.39 bits per heavy atom. The molecular weight excluding hydrogens is 224 g/mol. The minimum Gasteiger partial charge on any atom is -0.368 e. The topological polar surface area (TPSA) is 55.1 Å². The zero-order chi connectivity index (χ0) is 13.0. The maximum atomic E-state index is 11.2. The fraction of sp³-hybridized carbons (Fsp3) is 0.533. The Labute approximate surface area is 109 Å². The Hall–Kier alpha value is -1.35. The molecule has 3 heteroatoms. The van der Waals surface area contributed by atoms with E-state index in [4.69, 9.17) is 5.73 Å². The van der Waals surface area contributed by atoms with Gasteiger partial charge in [0.2, 0.25) is 5.91 Å². The molecule has 18 heavy (non-hydrogen) atoms. The molecular formula is C15H22N2O. The molecule has 1 aromatic carbocycles. The molecule has 0 saturated carbocycles. The summed E-state index contributed by atoms with van der Waals surface area (Å²) in [6.45, 7) is 3.01. The monoisotopic (exact) mass is 246 g/mol. The second-order valence-electron chi connectivity index (χ2n) is 5.32. The number of amides is 1. The zero-order valence-corrected chi connectivity index (χ0v) is 11.0. The normalized spacial score (nSPS) is 23.8. The van der Waals surface area contributed by atoms with Gasteiger partial charge < -0.3 is 11.1 Å². The van der Waals surface area contributed by atoms with Crippen LogP contribution < -0.4 is 11.1 Å². The summed E-state index contributed by atoms with van der Waals surface area (Å²) in [5.74, 6) is 0.403. The Morgan fingerprint density at radius 2 is 2.11 bits per heavy atom. The number of benzene rings is 1. The van der Waals surface area contributed by atoms with E-state index in [-0.39, 0.29) is 11.9 Å². The third-order valence-corrected chi connectivity index (χ3v) is 3.82. The van der Waals surface area contributed by atoms with Gasteiger partial charge in [0.1, 0.15) is 0 Å². The number of carbonyl (C=O) groups is 1. The van der Waals surface area contributed by atoms with Crippen LogP contribution in [0.2, 0.25) is 0 Å². The van der Waals surface area contributed by atoms with Crippen molar-refractivity contribution in [3.05, 3.63) is 35.4 Å². The molecule has 0 spiro atoms. The van der Waals surface area contributed by atoms with E-state index in [0.717, 1.165) is 32.2 Å². The summed E-state index contributed by atoms with van der Waals surface area (Å²) < 4.78 is 0. The Kier molecular flexibility index (Phi) is 4.37. The van der Waals surface area contributed by atoms with Crippen LogP contribution in [0.3, 0.4) is 0 Å². The van der Waals surface area contributed by atoms with Crippen LogP contribution in [-0.4, -0.2) is 18.5 Å². The van der Waals surface area contributed by atoms with Crippen molar-refractivity contribution < 1.29 is 4.79 Å². The summed E-state index contributed by atoms with van der Waals surface area (Å²) in [6.07, 6.45) is 4.28. The van der Waals surface area contributed by atoms with Crippen LogP contribution >= 0.6 is 0 Å². The van der Waals surface area contributed by atoms with Gasteiger partial charge in [0.15, 0.2) is 0 Å². The minimum atomic E-state index is -0.213. The lowest BCUT2D eigenvalue weighted by atomic mass is 9.87. The maximum absolute atomic E-state index is 11.2. The first-order valence-electron chi connectivity index (χ1n) is 6.73. The molecule has 0 bridgehead atoms. The number of piperidine rings is 1. The van der Waals surface area contributed by atoms with Gasteiger partial charge in [-0.3, -0.25) is 4.79 Å². The molecule has 0 aromatic heterocycles. The largest absolute Gasteiger partial charge is 0.368 e. The fourth-order valence-electron chi connectivity index (χ4n) is 2.60. The second-order valence-corrected chi connectivity index (χ2v) is 5.32. The van der Waals surface area contributed by atoms with Crippen LogP contribution in [-0.2, 0) is 11.2 Å². The van der Waals surface area contributed by atoms with Crippen molar-refractivity contribution >= 4 is 5.91 Å². The summed E-state index contributed by atoms with van der Waals surface area (Å²) in [4.78, 5) is 11.2. The number of carbonyl (C=O) groups excluding carboxylic acids is 1. The molecule has 1 saturated heterocycles. The van der Waals surface area contributed by atoms with E-state index in [0.29, 0.717) is 5.92 Å². The highest BCUT2D eigenvalue weighted by molar-refractivity contribution is 5.79. The molecule has 0 aliphatic carbocycles. The minimum absolute atomic E-state index is 0.123. The molecule has 0 unspecified atom stereocenters. The first kappa shape index (κ1) is 13.1. The quantitative estimate of drug-likeness (QED) is 0.851. The lowest BCUT2D eigenvalue weighted by molar-refractivity contribution is -0.120. The third-order valence-electron chi connectivity index (χ3n) is 3.82. The third kappa shape index (κ3) is 3.57. The van der Waals surface area contributed by atoms with Crippen LogP contribution in [0.25, 0.3) is 0 Å². The highest BCUT2D eigenvalue weighted by Crippen LogP contribution is 2.22. The van der Waals surface area contributed by atoms with Gasteiger partial charge in [-0.2, -0.15) is 0 Å². The van der Waals surface area contributed by atoms with Gasteiger partial charge in [-0.25, -0.2) is 0 Å². The first-order valence-corrected chi connectivity index (χ1v) is 6.73. The van der Waals surface area contributed by atoms with Gasteiger partial charge >= 0.3 is 0 Å². The Morgan fingerprint density at radius 3 is 2.78 bits per heavy atom. The van der Waals surface area contributed by atoms with Crippen molar-refractivity contribution in [2.45, 2.75) is 38.6 Å². The molecule has 98 valence electrons. The average molecular weight is 246 g/mol. The van der Waals surface area contributed by atoms with Gasteiger partial charge in [0.25, 0.3) is 0 Å². The molecule has 3 nitrogen and oxygen atoms in total. The zero-order valence-electron chi connectivity index (χ0n) is 11.0. The number of aryl methyl sites for hydroxylation is 2. The summed E-state index contributed by atoms with van der Waals surface area (Å²) in [5.41, 5.74) is 8.04. The maximum Gasteiger partial charge on any atom is 0.234 e. The summed E-state index contributed by atoms with van der Waals surface area (Å²) in [5, 5.41) is 3.18. The molecule has 1 heterocycles. The van der Waals surface area contributed by atoms with Gasteiger partial charge in [-0.15, -0.1) is 0 Å². The van der Waals surface area contributed by atoms with E-state index >= 15 is 0 Å². The molecule has 1 aliphatic rings. The van der Waals surface area contributed by atoms with Crippen LogP contribution in [0.5, 0.6) is 0 Å². The van der Waals surface area contributed by atoms with Crippen molar-refractivity contribution in [2.24, 2.45) is 11.7 Å². The van der Waals surface area contributed by atoms with Crippen LogP contribution in [0.4, 0.5) is 0 Å². The number of primary amides is 1. The molecule has 1 fully saturated rings. The van der Waals surface area contributed by atoms with Crippen molar-refractivity contribution in [3.63, 3.8) is 0 Å². The van der Waals surface area contributed by atoms with E-state index in [9.17, 15) is 4.79 Å². The van der Waals surface area contributed by atoms with E-state index in [1.54, 1.807) is 0 Å². The second kappa shape index (κ2) is 6.01. The van der Waals surface area contributed by atoms with Crippen molar-refractivity contribution in [3.8, 4) is 0 Å². The van der Waals surface area contributed by atoms with Crippen molar-refractivity contribution in [2.75, 3.05) is 6.54 Å². The van der Waals surface area contributed by atoms with Gasteiger partial charge in [-0.05, 0) is 50.6 Å². The van der Waals surface area contributed by atoms with Crippen molar-refractivity contribution in [1.82, 2.24) is 5.32 Å². The van der Waals surface area contributed by atoms with E-state index in [2.05, 4.69) is 36.5 Å². The molecule has 1 amide bonds. The van der Waals surface area contributed by atoms with E-state index < -0.39 is 0 Å². The average Bonchev–Trinajstić information content (AvgIpc) is 2.38. The summed E-state index contributed by atoms with van der Waals surface area (Å²) in [7, 11) is 0. The number of rotatable bonds is 4. The fourth-order valence-corrected chi connectivity index (χ4v) is 2.60. The highest BCUT2D eigenvalue weighted by atomic mass is 16.1. The number of nitrogens with two attached hydrogens (primary N) is 1. The Bertz CT molecular complexity index is 399. The molecule has 2 rings (SSSR count). The smallest absolute Gasteiger partial charge is 0.234 e. The van der Waals surface area contributed by atoms with E-state index in [1.165, 1.54) is 11.1 Å². The molecule has 0 radical (unpaired) electrons. The van der Waals surface area contributed by atoms with E-state index in [1.807, 2.05) is 0 Å². The van der Waals surface area contributed by atoms with Gasteiger partial charge in [0, 0.05) is 0 Å². The van der Waals surface area contributed by atoms with Gasteiger partial charge in [-0.1, -0.05) is 29.8 Å². The van der Waals surface area contributed by atoms with Crippen LogP contribution in [0.1, 0.15) is 30.4 Å². The van der Waals surface area contributed by atoms with Crippen LogP contribution in [0.15, 0.2) is 24.3 Å². The molecule has 1 aliphatic heterocycles. The lowest BCUT2D eigenvalue weighted by Gasteiger charge is -2.28. The number of nitrogens with one attached hydrogen (secondary N) is 1. The molecule has 3 N–H and O–H groups in total. The number of hydrogen-bond donors (Lipinski definition) is 2. The summed E-state index contributed by atoms with van der Waals surface area (Å²) >= 11 is 0. The van der Waals surface area contributed by atoms with Gasteiger partial charge in [0.05, 0.1) is 6.04 Å². The summed E-state index contributed by atoms with van der Waals surface area (Å²) in [6, 6.07) is 8.58.